The first kappa shape index (κ1) is 13.6. The van der Waals surface area contributed by atoms with Crippen molar-refractivity contribution in [2.45, 2.75) is 6.54 Å². The van der Waals surface area contributed by atoms with Gasteiger partial charge in [0.25, 0.3) is 0 Å². The SMILES string of the molecule is CN1CN(Cc2c(F)cc(N(C)C)cc2F)CS1. The average Bonchev–Trinajstić information content (AvgIpc) is 2.69. The summed E-state index contributed by atoms with van der Waals surface area (Å²) in [6.45, 7) is 1.03. The highest BCUT2D eigenvalue weighted by molar-refractivity contribution is 7.97. The number of hydrogen-bond acceptors (Lipinski definition) is 4. The van der Waals surface area contributed by atoms with Crippen LogP contribution >= 0.6 is 11.9 Å². The third kappa shape index (κ3) is 2.93. The Kier molecular flexibility index (Phi) is 4.09. The second-order valence-electron chi connectivity index (χ2n) is 4.64. The molecule has 1 fully saturated rings. The fourth-order valence-electron chi connectivity index (χ4n) is 1.86. The van der Waals surface area contributed by atoms with Crippen molar-refractivity contribution in [3.63, 3.8) is 0 Å². The van der Waals surface area contributed by atoms with Crippen LogP contribution in [0.1, 0.15) is 5.56 Å². The van der Waals surface area contributed by atoms with Crippen LogP contribution in [-0.2, 0) is 6.54 Å². The Morgan fingerprint density at radius 2 is 1.89 bits per heavy atom. The van der Waals surface area contributed by atoms with Crippen molar-refractivity contribution in [1.82, 2.24) is 9.21 Å². The maximum absolute atomic E-state index is 13.9. The normalized spacial score (nSPS) is 17.4. The Morgan fingerprint density at radius 3 is 2.33 bits per heavy atom. The van der Waals surface area contributed by atoms with Crippen LogP contribution in [0, 0.1) is 11.6 Å². The quantitative estimate of drug-likeness (QED) is 0.782. The van der Waals surface area contributed by atoms with E-state index in [2.05, 4.69) is 0 Å². The zero-order chi connectivity index (χ0) is 13.3. The highest BCUT2D eigenvalue weighted by atomic mass is 32.2. The first-order valence-corrected chi connectivity index (χ1v) is 6.63. The topological polar surface area (TPSA) is 9.72 Å². The molecule has 0 unspecified atom stereocenters. The molecule has 0 bridgehead atoms. The van der Waals surface area contributed by atoms with E-state index in [0.29, 0.717) is 12.2 Å². The molecule has 0 aliphatic carbocycles. The van der Waals surface area contributed by atoms with E-state index < -0.39 is 11.6 Å². The largest absolute Gasteiger partial charge is 0.377 e. The Hall–Kier alpha value is -0.850. The van der Waals surface area contributed by atoms with Crippen LogP contribution in [-0.4, -0.2) is 42.9 Å². The van der Waals surface area contributed by atoms with E-state index in [1.54, 1.807) is 30.9 Å². The van der Waals surface area contributed by atoms with Gasteiger partial charge in [-0.2, -0.15) is 0 Å². The molecule has 100 valence electrons. The summed E-state index contributed by atoms with van der Waals surface area (Å²) in [6.07, 6.45) is 0. The lowest BCUT2D eigenvalue weighted by atomic mass is 10.1. The van der Waals surface area contributed by atoms with Crippen LogP contribution in [0.3, 0.4) is 0 Å². The number of halogens is 2. The van der Waals surface area contributed by atoms with Gasteiger partial charge in [0, 0.05) is 31.9 Å². The van der Waals surface area contributed by atoms with Crippen LogP contribution in [0.4, 0.5) is 14.5 Å². The maximum atomic E-state index is 13.9. The van der Waals surface area contributed by atoms with Crippen LogP contribution < -0.4 is 4.90 Å². The zero-order valence-electron chi connectivity index (χ0n) is 10.8. The van der Waals surface area contributed by atoms with Gasteiger partial charge in [-0.15, -0.1) is 0 Å². The summed E-state index contributed by atoms with van der Waals surface area (Å²) in [5, 5.41) is 0. The summed E-state index contributed by atoms with van der Waals surface area (Å²) < 4.78 is 29.9. The smallest absolute Gasteiger partial charge is 0.132 e. The van der Waals surface area contributed by atoms with Crippen molar-refractivity contribution in [1.29, 1.82) is 0 Å². The van der Waals surface area contributed by atoms with Crippen molar-refractivity contribution in [3.8, 4) is 0 Å². The molecule has 3 nitrogen and oxygen atoms in total. The van der Waals surface area contributed by atoms with Gasteiger partial charge in [-0.25, -0.2) is 13.1 Å². The minimum absolute atomic E-state index is 0.150. The molecule has 1 saturated heterocycles. The molecular formula is C12H17F2N3S. The van der Waals surface area contributed by atoms with Gasteiger partial charge in [-0.05, 0) is 19.2 Å². The monoisotopic (exact) mass is 273 g/mol. The van der Waals surface area contributed by atoms with Gasteiger partial charge >= 0.3 is 0 Å². The molecule has 0 radical (unpaired) electrons. The lowest BCUT2D eigenvalue weighted by molar-refractivity contribution is 0.267. The number of anilines is 1. The molecule has 0 atom stereocenters. The molecule has 0 amide bonds. The Morgan fingerprint density at radius 1 is 1.28 bits per heavy atom. The molecule has 2 rings (SSSR count). The van der Waals surface area contributed by atoms with Crippen molar-refractivity contribution < 1.29 is 8.78 Å². The van der Waals surface area contributed by atoms with E-state index >= 15 is 0 Å². The molecule has 1 aliphatic rings. The van der Waals surface area contributed by atoms with Crippen molar-refractivity contribution in [2.75, 3.05) is 38.6 Å². The lowest BCUT2D eigenvalue weighted by Crippen LogP contribution is -2.24. The summed E-state index contributed by atoms with van der Waals surface area (Å²) >= 11 is 1.65. The highest BCUT2D eigenvalue weighted by Crippen LogP contribution is 2.25. The summed E-state index contributed by atoms with van der Waals surface area (Å²) in [5.74, 6) is -0.179. The van der Waals surface area contributed by atoms with Crippen LogP contribution in [0.5, 0.6) is 0 Å². The first-order chi connectivity index (χ1) is 8.47. The Bertz CT molecular complexity index is 416. The van der Waals surface area contributed by atoms with E-state index in [9.17, 15) is 8.78 Å². The molecule has 18 heavy (non-hydrogen) atoms. The van der Waals surface area contributed by atoms with Gasteiger partial charge in [-0.3, -0.25) is 4.90 Å². The second kappa shape index (κ2) is 5.42. The standard InChI is InChI=1S/C12H17F2N3S/c1-15(2)9-4-11(13)10(12(14)5-9)6-17-7-16(3)18-8-17/h4-5H,6-8H2,1-3H3. The van der Waals surface area contributed by atoms with Crippen LogP contribution in [0.15, 0.2) is 12.1 Å². The second-order valence-corrected chi connectivity index (χ2v) is 5.78. The van der Waals surface area contributed by atoms with E-state index in [-0.39, 0.29) is 5.56 Å². The van der Waals surface area contributed by atoms with Gasteiger partial charge in [0.2, 0.25) is 0 Å². The summed E-state index contributed by atoms with van der Waals surface area (Å²) in [5.41, 5.74) is 0.693. The van der Waals surface area contributed by atoms with E-state index in [1.165, 1.54) is 12.1 Å². The van der Waals surface area contributed by atoms with E-state index in [4.69, 9.17) is 0 Å². The van der Waals surface area contributed by atoms with E-state index in [0.717, 1.165) is 12.5 Å². The zero-order valence-corrected chi connectivity index (χ0v) is 11.6. The molecule has 0 spiro atoms. The van der Waals surface area contributed by atoms with Crippen molar-refractivity contribution >= 4 is 17.6 Å². The summed E-state index contributed by atoms with van der Waals surface area (Å²) in [4.78, 5) is 3.69. The number of rotatable bonds is 3. The molecule has 1 heterocycles. The Balaban J connectivity index is 2.18. The summed E-state index contributed by atoms with van der Waals surface area (Å²) in [7, 11) is 5.49. The molecule has 0 aromatic heterocycles. The Labute approximate surface area is 110 Å². The van der Waals surface area contributed by atoms with Gasteiger partial charge in [0.05, 0.1) is 12.5 Å². The predicted molar refractivity (Wildman–Crippen MR) is 71.3 cm³/mol. The molecule has 0 saturated carbocycles. The average molecular weight is 273 g/mol. The predicted octanol–water partition coefficient (Wildman–Crippen LogP) is 2.34. The minimum Gasteiger partial charge on any atom is -0.377 e. The van der Waals surface area contributed by atoms with Crippen LogP contribution in [0.2, 0.25) is 0 Å². The maximum Gasteiger partial charge on any atom is 0.132 e. The summed E-state index contributed by atoms with van der Waals surface area (Å²) in [6, 6.07) is 2.76. The van der Waals surface area contributed by atoms with Gasteiger partial charge in [0.15, 0.2) is 0 Å². The minimum atomic E-state index is -0.474. The molecule has 0 N–H and O–H groups in total. The lowest BCUT2D eigenvalue weighted by Gasteiger charge is -2.18. The van der Waals surface area contributed by atoms with Gasteiger partial charge in [-0.1, -0.05) is 11.9 Å². The molecule has 1 aromatic rings. The third-order valence-corrected chi connectivity index (χ3v) is 3.92. The number of benzene rings is 1. The van der Waals surface area contributed by atoms with Crippen LogP contribution in [0.25, 0.3) is 0 Å². The highest BCUT2D eigenvalue weighted by Gasteiger charge is 2.21. The number of nitrogens with zero attached hydrogens (tertiary/aromatic N) is 3. The van der Waals surface area contributed by atoms with E-state index in [1.807, 2.05) is 16.3 Å². The molecule has 6 heteroatoms. The van der Waals surface area contributed by atoms with Crippen molar-refractivity contribution in [2.24, 2.45) is 0 Å². The van der Waals surface area contributed by atoms with Gasteiger partial charge < -0.3 is 4.90 Å². The fourth-order valence-corrected chi connectivity index (χ4v) is 2.64. The third-order valence-electron chi connectivity index (χ3n) is 2.88. The molecule has 1 aliphatic heterocycles. The molecule has 1 aromatic carbocycles. The fraction of sp³-hybridized carbons (Fsp3) is 0.500. The number of hydrogen-bond donors (Lipinski definition) is 0. The van der Waals surface area contributed by atoms with Gasteiger partial charge in [0.1, 0.15) is 11.6 Å². The first-order valence-electron chi connectivity index (χ1n) is 5.69. The van der Waals surface area contributed by atoms with Crippen molar-refractivity contribution in [3.05, 3.63) is 29.3 Å². The molecular weight excluding hydrogens is 256 g/mol.